The number of hydrogen-bond acceptors (Lipinski definition) is 0. The molecule has 2 rings (SSSR count). The molecule has 0 saturated heterocycles. The van der Waals surface area contributed by atoms with Gasteiger partial charge in [-0.1, -0.05) is 22.0 Å². The van der Waals surface area contributed by atoms with E-state index in [1.165, 1.54) is 30.2 Å². The molecule has 12 heavy (non-hydrogen) atoms. The first kappa shape index (κ1) is 10.3. The zero-order chi connectivity index (χ0) is 7.68. The molecule has 0 fully saturated rings. The molecule has 1 aliphatic rings. The van der Waals surface area contributed by atoms with Crippen molar-refractivity contribution in [2.45, 2.75) is 25.7 Å². The van der Waals surface area contributed by atoms with Crippen LogP contribution in [0.25, 0.3) is 0 Å². The number of aryl methyl sites for hydroxylation is 2. The Morgan fingerprint density at radius 3 is 2.42 bits per heavy atom. The summed E-state index contributed by atoms with van der Waals surface area (Å²) < 4.78 is 1.22. The van der Waals surface area contributed by atoms with Gasteiger partial charge in [-0.05, 0) is 48.9 Å². The van der Waals surface area contributed by atoms with E-state index in [0.29, 0.717) is 0 Å². The average molecular weight is 292 g/mol. The molecule has 1 aromatic rings. The maximum absolute atomic E-state index is 3.49. The Balaban J connectivity index is 0.000000720. The van der Waals surface area contributed by atoms with E-state index in [9.17, 15) is 0 Å². The highest BCUT2D eigenvalue weighted by molar-refractivity contribution is 9.10. The summed E-state index contributed by atoms with van der Waals surface area (Å²) in [6.45, 7) is 0. The van der Waals surface area contributed by atoms with Crippen molar-refractivity contribution in [1.29, 1.82) is 0 Å². The van der Waals surface area contributed by atoms with E-state index in [1.807, 2.05) is 0 Å². The summed E-state index contributed by atoms with van der Waals surface area (Å²) in [5, 5.41) is 0. The van der Waals surface area contributed by atoms with Crippen molar-refractivity contribution in [1.82, 2.24) is 0 Å². The molecule has 0 N–H and O–H groups in total. The molecule has 1 aromatic carbocycles. The minimum absolute atomic E-state index is 0. The van der Waals surface area contributed by atoms with E-state index in [2.05, 4.69) is 34.1 Å². The summed E-state index contributed by atoms with van der Waals surface area (Å²) in [4.78, 5) is 0. The van der Waals surface area contributed by atoms with Gasteiger partial charge in [0, 0.05) is 4.47 Å². The van der Waals surface area contributed by atoms with E-state index in [4.69, 9.17) is 0 Å². The van der Waals surface area contributed by atoms with Crippen LogP contribution in [-0.2, 0) is 12.8 Å². The first-order valence-electron chi connectivity index (χ1n) is 4.13. The molecule has 1 aliphatic carbocycles. The van der Waals surface area contributed by atoms with Crippen molar-refractivity contribution >= 4 is 32.9 Å². The topological polar surface area (TPSA) is 0 Å². The standard InChI is InChI=1S/C10H11Br.BrH/c11-10-6-5-8-3-1-2-4-9(8)7-10;/h5-7H,1-4H2;1H. The van der Waals surface area contributed by atoms with Gasteiger partial charge >= 0.3 is 0 Å². The van der Waals surface area contributed by atoms with E-state index in [0.717, 1.165) is 0 Å². The Morgan fingerprint density at radius 2 is 1.67 bits per heavy atom. The van der Waals surface area contributed by atoms with Gasteiger partial charge in [0.1, 0.15) is 0 Å². The summed E-state index contributed by atoms with van der Waals surface area (Å²) >= 11 is 3.49. The lowest BCUT2D eigenvalue weighted by Gasteiger charge is -2.14. The molecule has 0 heterocycles. The second-order valence-corrected chi connectivity index (χ2v) is 4.04. The molecule has 0 spiro atoms. The van der Waals surface area contributed by atoms with Crippen LogP contribution in [0.1, 0.15) is 24.0 Å². The van der Waals surface area contributed by atoms with Gasteiger partial charge in [-0.3, -0.25) is 0 Å². The van der Waals surface area contributed by atoms with Crippen molar-refractivity contribution in [3.05, 3.63) is 33.8 Å². The van der Waals surface area contributed by atoms with Crippen molar-refractivity contribution < 1.29 is 0 Å². The van der Waals surface area contributed by atoms with Crippen molar-refractivity contribution in [2.24, 2.45) is 0 Å². The predicted molar refractivity (Wildman–Crippen MR) is 61.1 cm³/mol. The molecule has 0 aliphatic heterocycles. The Kier molecular flexibility index (Phi) is 3.78. The smallest absolute Gasteiger partial charge is 0.0178 e. The number of rotatable bonds is 0. The van der Waals surface area contributed by atoms with Crippen LogP contribution in [0.4, 0.5) is 0 Å². The van der Waals surface area contributed by atoms with Gasteiger partial charge in [0.2, 0.25) is 0 Å². The SMILES string of the molecule is Br.Brc1ccc2c(c1)CCCC2. The van der Waals surface area contributed by atoms with E-state index in [-0.39, 0.29) is 17.0 Å². The number of hydrogen-bond donors (Lipinski definition) is 0. The molecule has 0 atom stereocenters. The lowest BCUT2D eigenvalue weighted by molar-refractivity contribution is 0.685. The Labute approximate surface area is 92.3 Å². The maximum Gasteiger partial charge on any atom is 0.0178 e. The molecule has 0 aromatic heterocycles. The van der Waals surface area contributed by atoms with Crippen molar-refractivity contribution in [2.75, 3.05) is 0 Å². The molecule has 0 amide bonds. The van der Waals surface area contributed by atoms with Crippen LogP contribution in [0.2, 0.25) is 0 Å². The largest absolute Gasteiger partial charge is 0.114 e. The highest BCUT2D eigenvalue weighted by atomic mass is 79.9. The monoisotopic (exact) mass is 290 g/mol. The number of benzene rings is 1. The van der Waals surface area contributed by atoms with Crippen LogP contribution in [0, 0.1) is 0 Å². The summed E-state index contributed by atoms with van der Waals surface area (Å²) in [6.07, 6.45) is 5.29. The van der Waals surface area contributed by atoms with Crippen LogP contribution < -0.4 is 0 Å². The van der Waals surface area contributed by atoms with E-state index in [1.54, 1.807) is 11.1 Å². The normalized spacial score (nSPS) is 14.8. The van der Waals surface area contributed by atoms with Gasteiger partial charge in [0.05, 0.1) is 0 Å². The quantitative estimate of drug-likeness (QED) is 0.680. The second kappa shape index (κ2) is 4.43. The van der Waals surface area contributed by atoms with Gasteiger partial charge in [0.15, 0.2) is 0 Å². The Morgan fingerprint density at radius 1 is 1.00 bits per heavy atom. The molecule has 0 nitrogen and oxygen atoms in total. The van der Waals surface area contributed by atoms with Crippen LogP contribution in [-0.4, -0.2) is 0 Å². The highest BCUT2D eigenvalue weighted by Gasteiger charge is 2.07. The molecule has 0 radical (unpaired) electrons. The molecule has 0 saturated carbocycles. The van der Waals surface area contributed by atoms with Crippen LogP contribution in [0.15, 0.2) is 22.7 Å². The molecular weight excluding hydrogens is 280 g/mol. The minimum atomic E-state index is 0. The predicted octanol–water partition coefficient (Wildman–Crippen LogP) is 3.91. The van der Waals surface area contributed by atoms with Gasteiger partial charge in [0.25, 0.3) is 0 Å². The number of halogens is 2. The summed E-state index contributed by atoms with van der Waals surface area (Å²) in [6, 6.07) is 6.65. The summed E-state index contributed by atoms with van der Waals surface area (Å²) in [5.74, 6) is 0. The van der Waals surface area contributed by atoms with Crippen LogP contribution in [0.5, 0.6) is 0 Å². The summed E-state index contributed by atoms with van der Waals surface area (Å²) in [5.41, 5.74) is 3.10. The zero-order valence-electron chi connectivity index (χ0n) is 6.85. The average Bonchev–Trinajstić information content (AvgIpc) is 2.04. The third-order valence-electron chi connectivity index (χ3n) is 2.31. The van der Waals surface area contributed by atoms with E-state index >= 15 is 0 Å². The minimum Gasteiger partial charge on any atom is -0.114 e. The third kappa shape index (κ3) is 2.11. The molecular formula is C10H12Br2. The first-order chi connectivity index (χ1) is 5.36. The Bertz CT molecular complexity index is 269. The molecule has 0 bridgehead atoms. The second-order valence-electron chi connectivity index (χ2n) is 3.12. The van der Waals surface area contributed by atoms with Gasteiger partial charge in [-0.2, -0.15) is 0 Å². The summed E-state index contributed by atoms with van der Waals surface area (Å²) in [7, 11) is 0. The van der Waals surface area contributed by atoms with E-state index < -0.39 is 0 Å². The fourth-order valence-electron chi connectivity index (χ4n) is 1.70. The highest BCUT2D eigenvalue weighted by Crippen LogP contribution is 2.23. The van der Waals surface area contributed by atoms with Crippen molar-refractivity contribution in [3.8, 4) is 0 Å². The first-order valence-corrected chi connectivity index (χ1v) is 4.93. The molecule has 2 heteroatoms. The van der Waals surface area contributed by atoms with Gasteiger partial charge in [-0.15, -0.1) is 17.0 Å². The number of fused-ring (bicyclic) bond motifs is 1. The lowest BCUT2D eigenvalue weighted by Crippen LogP contribution is -2.01. The Hall–Kier alpha value is 0.180. The fraction of sp³-hybridized carbons (Fsp3) is 0.400. The third-order valence-corrected chi connectivity index (χ3v) is 2.80. The van der Waals surface area contributed by atoms with Gasteiger partial charge in [-0.25, -0.2) is 0 Å². The molecule has 0 unspecified atom stereocenters. The molecule has 66 valence electrons. The zero-order valence-corrected chi connectivity index (χ0v) is 10.1. The van der Waals surface area contributed by atoms with Crippen molar-refractivity contribution in [3.63, 3.8) is 0 Å². The van der Waals surface area contributed by atoms with Crippen LogP contribution >= 0.6 is 32.9 Å². The fourth-order valence-corrected chi connectivity index (χ4v) is 2.11. The van der Waals surface area contributed by atoms with Crippen LogP contribution in [0.3, 0.4) is 0 Å². The lowest BCUT2D eigenvalue weighted by atomic mass is 9.92. The maximum atomic E-state index is 3.49. The van der Waals surface area contributed by atoms with Gasteiger partial charge < -0.3 is 0 Å².